The first-order valence-corrected chi connectivity index (χ1v) is 9.57. The fourth-order valence-electron chi connectivity index (χ4n) is 3.88. The van der Waals surface area contributed by atoms with Crippen LogP contribution in [0.2, 0.25) is 0 Å². The lowest BCUT2D eigenvalue weighted by atomic mass is 10.2. The molecular formula is C22H23N3O2. The van der Waals surface area contributed by atoms with Gasteiger partial charge in [-0.05, 0) is 24.3 Å². The Morgan fingerprint density at radius 1 is 0.815 bits per heavy atom. The van der Waals surface area contributed by atoms with Gasteiger partial charge in [0, 0.05) is 38.1 Å². The lowest BCUT2D eigenvalue weighted by Gasteiger charge is -2.37. The highest BCUT2D eigenvalue weighted by atomic mass is 16.6. The van der Waals surface area contributed by atoms with Crippen LogP contribution in [0.5, 0.6) is 11.5 Å². The smallest absolute Gasteiger partial charge is 0.184 e. The van der Waals surface area contributed by atoms with Crippen LogP contribution < -0.4 is 14.4 Å². The highest BCUT2D eigenvalue weighted by molar-refractivity contribution is 5.78. The van der Waals surface area contributed by atoms with E-state index in [9.17, 15) is 0 Å². The molecule has 0 spiro atoms. The van der Waals surface area contributed by atoms with Crippen molar-refractivity contribution in [3.05, 3.63) is 60.3 Å². The number of benzene rings is 2. The van der Waals surface area contributed by atoms with Crippen LogP contribution in [-0.2, 0) is 6.54 Å². The van der Waals surface area contributed by atoms with E-state index in [2.05, 4.69) is 46.2 Å². The SMILES string of the molecule is c1cc2c(c(N3CCN(Cc4ccc5ccccc5n4)CC3)c1)OCCO2. The van der Waals surface area contributed by atoms with Gasteiger partial charge in [0.1, 0.15) is 13.2 Å². The van der Waals surface area contributed by atoms with Gasteiger partial charge in [-0.1, -0.05) is 30.3 Å². The number of hydrogen-bond donors (Lipinski definition) is 0. The summed E-state index contributed by atoms with van der Waals surface area (Å²) in [6, 6.07) is 18.8. The van der Waals surface area contributed by atoms with Gasteiger partial charge in [-0.15, -0.1) is 0 Å². The van der Waals surface area contributed by atoms with Gasteiger partial charge < -0.3 is 14.4 Å². The zero-order valence-electron chi connectivity index (χ0n) is 15.3. The Morgan fingerprint density at radius 2 is 1.67 bits per heavy atom. The normalized spacial score (nSPS) is 17.3. The van der Waals surface area contributed by atoms with E-state index in [4.69, 9.17) is 14.5 Å². The predicted octanol–water partition coefficient (Wildman–Crippen LogP) is 3.33. The Hall–Kier alpha value is -2.79. The molecule has 2 aliphatic rings. The molecule has 3 heterocycles. The van der Waals surface area contributed by atoms with Gasteiger partial charge in [0.15, 0.2) is 11.5 Å². The fourth-order valence-corrected chi connectivity index (χ4v) is 3.88. The number of hydrogen-bond acceptors (Lipinski definition) is 5. The van der Waals surface area contributed by atoms with Gasteiger partial charge in [-0.25, -0.2) is 0 Å². The summed E-state index contributed by atoms with van der Waals surface area (Å²) >= 11 is 0. The third-order valence-electron chi connectivity index (χ3n) is 5.30. The van der Waals surface area contributed by atoms with Crippen molar-refractivity contribution < 1.29 is 9.47 Å². The van der Waals surface area contributed by atoms with Crippen molar-refractivity contribution >= 4 is 16.6 Å². The number of fused-ring (bicyclic) bond motifs is 2. The molecule has 1 saturated heterocycles. The van der Waals surface area contributed by atoms with Crippen LogP contribution in [-0.4, -0.2) is 49.3 Å². The Labute approximate surface area is 159 Å². The minimum Gasteiger partial charge on any atom is -0.486 e. The number of nitrogens with zero attached hydrogens (tertiary/aromatic N) is 3. The standard InChI is InChI=1S/C22H23N3O2/c1-2-5-19-17(4-1)8-9-18(23-19)16-24-10-12-25(13-11-24)20-6-3-7-21-22(20)27-15-14-26-21/h1-9H,10-16H2. The van der Waals surface area contributed by atoms with E-state index in [1.807, 2.05) is 18.2 Å². The zero-order valence-corrected chi connectivity index (χ0v) is 15.3. The average molecular weight is 361 g/mol. The molecule has 0 amide bonds. The molecule has 2 aromatic carbocycles. The summed E-state index contributed by atoms with van der Waals surface area (Å²) in [5.41, 5.74) is 3.35. The Bertz CT molecular complexity index is 951. The molecule has 27 heavy (non-hydrogen) atoms. The van der Waals surface area contributed by atoms with E-state index in [1.54, 1.807) is 0 Å². The largest absolute Gasteiger partial charge is 0.486 e. The maximum absolute atomic E-state index is 5.88. The monoisotopic (exact) mass is 361 g/mol. The van der Waals surface area contributed by atoms with Crippen molar-refractivity contribution in [1.82, 2.24) is 9.88 Å². The third kappa shape index (κ3) is 3.30. The molecule has 138 valence electrons. The number of para-hydroxylation sites is 2. The molecule has 5 nitrogen and oxygen atoms in total. The number of ether oxygens (including phenoxy) is 2. The maximum Gasteiger partial charge on any atom is 0.184 e. The van der Waals surface area contributed by atoms with Crippen molar-refractivity contribution in [3.63, 3.8) is 0 Å². The van der Waals surface area contributed by atoms with Crippen molar-refractivity contribution in [1.29, 1.82) is 0 Å². The van der Waals surface area contributed by atoms with Gasteiger partial charge in [-0.3, -0.25) is 9.88 Å². The van der Waals surface area contributed by atoms with Crippen LogP contribution in [0.15, 0.2) is 54.6 Å². The third-order valence-corrected chi connectivity index (χ3v) is 5.30. The van der Waals surface area contributed by atoms with Gasteiger partial charge >= 0.3 is 0 Å². The lowest BCUT2D eigenvalue weighted by molar-refractivity contribution is 0.171. The summed E-state index contributed by atoms with van der Waals surface area (Å²) in [5.74, 6) is 1.76. The average Bonchev–Trinajstić information content (AvgIpc) is 2.74. The van der Waals surface area contributed by atoms with E-state index in [1.165, 1.54) is 5.39 Å². The lowest BCUT2D eigenvalue weighted by Crippen LogP contribution is -2.46. The Morgan fingerprint density at radius 3 is 2.59 bits per heavy atom. The molecule has 1 aromatic heterocycles. The molecule has 1 fully saturated rings. The highest BCUT2D eigenvalue weighted by Crippen LogP contribution is 2.39. The minimum absolute atomic E-state index is 0.623. The van der Waals surface area contributed by atoms with Crippen LogP contribution in [0.1, 0.15) is 5.69 Å². The Kier molecular flexibility index (Phi) is 4.30. The number of piperazine rings is 1. The number of rotatable bonds is 3. The predicted molar refractivity (Wildman–Crippen MR) is 107 cm³/mol. The van der Waals surface area contributed by atoms with E-state index in [0.717, 1.165) is 61.1 Å². The topological polar surface area (TPSA) is 37.8 Å². The molecule has 0 bridgehead atoms. The Balaban J connectivity index is 1.26. The van der Waals surface area contributed by atoms with Gasteiger partial charge in [0.25, 0.3) is 0 Å². The molecule has 0 aliphatic carbocycles. The molecule has 5 heteroatoms. The van der Waals surface area contributed by atoms with Gasteiger partial charge in [-0.2, -0.15) is 0 Å². The van der Waals surface area contributed by atoms with Crippen molar-refractivity contribution in [3.8, 4) is 11.5 Å². The van der Waals surface area contributed by atoms with Crippen LogP contribution in [0.4, 0.5) is 5.69 Å². The molecule has 3 aromatic rings. The van der Waals surface area contributed by atoms with E-state index < -0.39 is 0 Å². The molecule has 5 rings (SSSR count). The zero-order chi connectivity index (χ0) is 18.1. The van der Waals surface area contributed by atoms with E-state index in [-0.39, 0.29) is 0 Å². The minimum atomic E-state index is 0.623. The molecule has 0 N–H and O–H groups in total. The first kappa shape index (κ1) is 16.4. The van der Waals surface area contributed by atoms with Crippen LogP contribution in [0.3, 0.4) is 0 Å². The molecule has 2 aliphatic heterocycles. The second-order valence-electron chi connectivity index (χ2n) is 7.06. The van der Waals surface area contributed by atoms with Crippen molar-refractivity contribution in [2.24, 2.45) is 0 Å². The quantitative estimate of drug-likeness (QED) is 0.715. The van der Waals surface area contributed by atoms with Gasteiger partial charge in [0.05, 0.1) is 16.9 Å². The molecule has 0 saturated carbocycles. The van der Waals surface area contributed by atoms with E-state index >= 15 is 0 Å². The summed E-state index contributed by atoms with van der Waals surface area (Å²) < 4.78 is 11.6. The molecule has 0 unspecified atom stereocenters. The van der Waals surface area contributed by atoms with Crippen LogP contribution in [0.25, 0.3) is 10.9 Å². The van der Waals surface area contributed by atoms with Crippen LogP contribution >= 0.6 is 0 Å². The van der Waals surface area contributed by atoms with Crippen molar-refractivity contribution in [2.45, 2.75) is 6.54 Å². The molecule has 0 atom stereocenters. The highest BCUT2D eigenvalue weighted by Gasteiger charge is 2.23. The summed E-state index contributed by atoms with van der Waals surface area (Å²) in [6.45, 7) is 6.13. The maximum atomic E-state index is 5.88. The number of aromatic nitrogens is 1. The summed E-state index contributed by atoms with van der Waals surface area (Å²) in [6.07, 6.45) is 0. The number of pyridine rings is 1. The molecule has 0 radical (unpaired) electrons. The first-order valence-electron chi connectivity index (χ1n) is 9.57. The van der Waals surface area contributed by atoms with Gasteiger partial charge in [0.2, 0.25) is 0 Å². The van der Waals surface area contributed by atoms with Crippen molar-refractivity contribution in [2.75, 3.05) is 44.3 Å². The van der Waals surface area contributed by atoms with Crippen LogP contribution in [0, 0.1) is 0 Å². The molecular weight excluding hydrogens is 338 g/mol. The first-order chi connectivity index (χ1) is 13.4. The second-order valence-corrected chi connectivity index (χ2v) is 7.06. The summed E-state index contributed by atoms with van der Waals surface area (Å²) in [4.78, 5) is 9.69. The summed E-state index contributed by atoms with van der Waals surface area (Å²) in [5, 5.41) is 1.20. The number of anilines is 1. The fraction of sp³-hybridized carbons (Fsp3) is 0.318. The summed E-state index contributed by atoms with van der Waals surface area (Å²) in [7, 11) is 0. The second kappa shape index (κ2) is 7.08. The van der Waals surface area contributed by atoms with E-state index in [0.29, 0.717) is 13.2 Å².